The molecular weight excluding hydrogens is 408 g/mol. The van der Waals surface area contributed by atoms with Crippen LogP contribution >= 0.6 is 11.3 Å². The van der Waals surface area contributed by atoms with E-state index in [4.69, 9.17) is 4.74 Å². The second-order valence-electron chi connectivity index (χ2n) is 6.32. The fourth-order valence-electron chi connectivity index (χ4n) is 2.81. The van der Waals surface area contributed by atoms with Gasteiger partial charge in [-0.05, 0) is 59.8 Å². The minimum Gasteiger partial charge on any atom is -0.497 e. The Morgan fingerprint density at radius 1 is 1.07 bits per heavy atom. The van der Waals surface area contributed by atoms with Gasteiger partial charge in [0.15, 0.2) is 0 Å². The summed E-state index contributed by atoms with van der Waals surface area (Å²) in [5.74, 6) is 0.538. The molecule has 0 unspecified atom stereocenters. The Labute approximate surface area is 174 Å². The summed E-state index contributed by atoms with van der Waals surface area (Å²) in [6, 6.07) is 17.0. The molecule has 6 nitrogen and oxygen atoms in total. The Morgan fingerprint density at radius 2 is 1.76 bits per heavy atom. The van der Waals surface area contributed by atoms with Gasteiger partial charge < -0.3 is 10.1 Å². The molecule has 29 heavy (non-hydrogen) atoms. The maximum absolute atomic E-state index is 12.6. The van der Waals surface area contributed by atoms with Gasteiger partial charge >= 0.3 is 0 Å². The predicted octanol–water partition coefficient (Wildman–Crippen LogP) is 4.44. The van der Waals surface area contributed by atoms with Crippen molar-refractivity contribution in [2.45, 2.75) is 23.6 Å². The molecule has 0 aliphatic heterocycles. The van der Waals surface area contributed by atoms with Crippen LogP contribution in [0.1, 0.15) is 35.3 Å². The van der Waals surface area contributed by atoms with E-state index in [0.29, 0.717) is 11.3 Å². The van der Waals surface area contributed by atoms with Gasteiger partial charge in [-0.25, -0.2) is 8.42 Å². The lowest BCUT2D eigenvalue weighted by Gasteiger charge is -2.18. The Morgan fingerprint density at radius 3 is 2.31 bits per heavy atom. The smallest absolute Gasteiger partial charge is 0.271 e. The Kier molecular flexibility index (Phi) is 6.56. The standard InChI is InChI=1S/C21H22N2O4S2/c1-3-19(15-8-12-18(27-2)13-9-15)22-21(24)16-6-10-17(11-7-16)23-29(25,26)20-5-4-14-28-20/h4-14,19,23H,3H2,1-2H3,(H,22,24)/t19-/m0/s1. The summed E-state index contributed by atoms with van der Waals surface area (Å²) < 4.78 is 32.5. The molecule has 2 N–H and O–H groups in total. The first-order valence-electron chi connectivity index (χ1n) is 9.04. The normalized spacial score (nSPS) is 12.2. The van der Waals surface area contributed by atoms with Gasteiger partial charge in [0.1, 0.15) is 9.96 Å². The monoisotopic (exact) mass is 430 g/mol. The SMILES string of the molecule is CC[C@H](NC(=O)c1ccc(NS(=O)(=O)c2cccs2)cc1)c1ccc(OC)cc1. The van der Waals surface area contributed by atoms with Gasteiger partial charge in [0, 0.05) is 11.3 Å². The molecule has 1 amide bonds. The number of anilines is 1. The summed E-state index contributed by atoms with van der Waals surface area (Å²) in [6.45, 7) is 2.00. The molecule has 3 rings (SSSR count). The number of ether oxygens (including phenoxy) is 1. The van der Waals surface area contributed by atoms with Crippen molar-refractivity contribution in [3.05, 3.63) is 77.2 Å². The molecule has 1 aromatic heterocycles. The van der Waals surface area contributed by atoms with Crippen LogP contribution in [0.15, 0.2) is 70.3 Å². The molecule has 0 aliphatic carbocycles. The largest absolute Gasteiger partial charge is 0.497 e. The highest BCUT2D eigenvalue weighted by atomic mass is 32.2. The number of amides is 1. The van der Waals surface area contributed by atoms with E-state index in [9.17, 15) is 13.2 Å². The molecule has 0 saturated carbocycles. The molecule has 0 fully saturated rings. The maximum atomic E-state index is 12.6. The minimum atomic E-state index is -3.61. The molecule has 0 aliphatic rings. The number of methoxy groups -OCH3 is 1. The van der Waals surface area contributed by atoms with Gasteiger partial charge in [-0.2, -0.15) is 0 Å². The van der Waals surface area contributed by atoms with Crippen LogP contribution in [0.5, 0.6) is 5.75 Å². The van der Waals surface area contributed by atoms with E-state index in [1.807, 2.05) is 31.2 Å². The number of hydrogen-bond donors (Lipinski definition) is 2. The second-order valence-corrected chi connectivity index (χ2v) is 9.18. The topological polar surface area (TPSA) is 84.5 Å². The lowest BCUT2D eigenvalue weighted by Crippen LogP contribution is -2.28. The van der Waals surface area contributed by atoms with Crippen LogP contribution in [-0.2, 0) is 10.0 Å². The lowest BCUT2D eigenvalue weighted by molar-refractivity contribution is 0.0935. The number of hydrogen-bond acceptors (Lipinski definition) is 5. The van der Waals surface area contributed by atoms with Gasteiger partial charge in [-0.3, -0.25) is 9.52 Å². The summed E-state index contributed by atoms with van der Waals surface area (Å²) in [5, 5.41) is 4.71. The molecular formula is C21H22N2O4S2. The van der Waals surface area contributed by atoms with Gasteiger partial charge in [-0.15, -0.1) is 11.3 Å². The number of carbonyl (C=O) groups is 1. The average molecular weight is 431 g/mol. The van der Waals surface area contributed by atoms with E-state index in [1.54, 1.807) is 48.9 Å². The zero-order chi connectivity index (χ0) is 20.9. The Hall–Kier alpha value is -2.84. The predicted molar refractivity (Wildman–Crippen MR) is 115 cm³/mol. The fraction of sp³-hybridized carbons (Fsp3) is 0.190. The summed E-state index contributed by atoms with van der Waals surface area (Å²) in [6.07, 6.45) is 0.733. The third-order valence-electron chi connectivity index (χ3n) is 4.39. The molecule has 2 aromatic carbocycles. The number of sulfonamides is 1. The van der Waals surface area contributed by atoms with Gasteiger partial charge in [0.2, 0.25) is 0 Å². The lowest BCUT2D eigenvalue weighted by atomic mass is 10.0. The third-order valence-corrected chi connectivity index (χ3v) is 7.17. The fourth-order valence-corrected chi connectivity index (χ4v) is 4.86. The van der Waals surface area contributed by atoms with Crippen molar-refractivity contribution < 1.29 is 17.9 Å². The van der Waals surface area contributed by atoms with E-state index in [2.05, 4.69) is 10.0 Å². The summed E-state index contributed by atoms with van der Waals surface area (Å²) in [5.41, 5.74) is 1.84. The van der Waals surface area contributed by atoms with Crippen LogP contribution in [0.4, 0.5) is 5.69 Å². The number of nitrogens with one attached hydrogen (secondary N) is 2. The number of rotatable bonds is 8. The van der Waals surface area contributed by atoms with E-state index >= 15 is 0 Å². The summed E-state index contributed by atoms with van der Waals surface area (Å²) in [4.78, 5) is 12.6. The van der Waals surface area contributed by atoms with Crippen molar-refractivity contribution in [3.8, 4) is 5.75 Å². The highest BCUT2D eigenvalue weighted by Crippen LogP contribution is 2.22. The average Bonchev–Trinajstić information content (AvgIpc) is 3.28. The first kappa shape index (κ1) is 20.9. The van der Waals surface area contributed by atoms with Gasteiger partial charge in [-0.1, -0.05) is 25.1 Å². The van der Waals surface area contributed by atoms with Crippen molar-refractivity contribution in [2.75, 3.05) is 11.8 Å². The zero-order valence-corrected chi connectivity index (χ0v) is 17.7. The second kappa shape index (κ2) is 9.11. The molecule has 0 spiro atoms. The van der Waals surface area contributed by atoms with Crippen LogP contribution in [0.2, 0.25) is 0 Å². The molecule has 1 heterocycles. The molecule has 0 radical (unpaired) electrons. The molecule has 152 valence electrons. The molecule has 0 saturated heterocycles. The van der Waals surface area contributed by atoms with Gasteiger partial charge in [0.05, 0.1) is 13.2 Å². The van der Waals surface area contributed by atoms with E-state index < -0.39 is 10.0 Å². The maximum Gasteiger partial charge on any atom is 0.271 e. The quantitative estimate of drug-likeness (QED) is 0.553. The van der Waals surface area contributed by atoms with Crippen molar-refractivity contribution in [1.82, 2.24) is 5.32 Å². The van der Waals surface area contributed by atoms with Crippen LogP contribution < -0.4 is 14.8 Å². The van der Waals surface area contributed by atoms with Crippen LogP contribution in [-0.4, -0.2) is 21.4 Å². The van der Waals surface area contributed by atoms with Crippen molar-refractivity contribution >= 4 is 33.0 Å². The Balaban J connectivity index is 1.67. The number of carbonyl (C=O) groups excluding carboxylic acids is 1. The van der Waals surface area contributed by atoms with Crippen molar-refractivity contribution in [1.29, 1.82) is 0 Å². The highest BCUT2D eigenvalue weighted by molar-refractivity contribution is 7.94. The highest BCUT2D eigenvalue weighted by Gasteiger charge is 2.17. The van der Waals surface area contributed by atoms with Crippen LogP contribution in [0, 0.1) is 0 Å². The molecule has 3 aromatic rings. The van der Waals surface area contributed by atoms with E-state index in [0.717, 1.165) is 29.1 Å². The third kappa shape index (κ3) is 5.16. The molecule has 8 heteroatoms. The molecule has 0 bridgehead atoms. The van der Waals surface area contributed by atoms with E-state index in [1.165, 1.54) is 0 Å². The zero-order valence-electron chi connectivity index (χ0n) is 16.1. The van der Waals surface area contributed by atoms with Crippen LogP contribution in [0.3, 0.4) is 0 Å². The van der Waals surface area contributed by atoms with Gasteiger partial charge in [0.25, 0.3) is 15.9 Å². The number of benzene rings is 2. The first-order chi connectivity index (χ1) is 13.9. The summed E-state index contributed by atoms with van der Waals surface area (Å²) in [7, 11) is -2.00. The molecule has 1 atom stereocenters. The number of thiophene rings is 1. The summed E-state index contributed by atoms with van der Waals surface area (Å²) >= 11 is 1.14. The van der Waals surface area contributed by atoms with Crippen molar-refractivity contribution in [2.24, 2.45) is 0 Å². The van der Waals surface area contributed by atoms with E-state index in [-0.39, 0.29) is 16.2 Å². The van der Waals surface area contributed by atoms with Crippen molar-refractivity contribution in [3.63, 3.8) is 0 Å². The first-order valence-corrected chi connectivity index (χ1v) is 11.4. The van der Waals surface area contributed by atoms with Crippen LogP contribution in [0.25, 0.3) is 0 Å². The Bertz CT molecular complexity index is 1050. The minimum absolute atomic E-state index is 0.134.